The first-order valence-corrected chi connectivity index (χ1v) is 5.45. The van der Waals surface area contributed by atoms with Gasteiger partial charge in [-0.25, -0.2) is 9.97 Å². The first-order valence-electron chi connectivity index (χ1n) is 5.45. The molecule has 0 aromatic carbocycles. The third kappa shape index (κ3) is 4.63. The van der Waals surface area contributed by atoms with Crippen LogP contribution in [-0.4, -0.2) is 36.6 Å². The van der Waals surface area contributed by atoms with Crippen molar-refractivity contribution in [3.05, 3.63) is 24.0 Å². The maximum atomic E-state index is 11.1. The molecule has 0 saturated carbocycles. The van der Waals surface area contributed by atoms with Crippen LogP contribution in [-0.2, 0) is 9.53 Å². The fourth-order valence-electron chi connectivity index (χ4n) is 1.16. The monoisotopic (exact) mass is 235 g/mol. The minimum atomic E-state index is -0.227. The van der Waals surface area contributed by atoms with Crippen LogP contribution in [0.15, 0.2) is 18.5 Å². The summed E-state index contributed by atoms with van der Waals surface area (Å²) in [5.41, 5.74) is 0.861. The highest BCUT2D eigenvalue weighted by Gasteiger charge is 1.98. The molecule has 0 unspecified atom stereocenters. The van der Waals surface area contributed by atoms with Crippen molar-refractivity contribution >= 4 is 18.0 Å². The Bertz CT molecular complexity index is 385. The van der Waals surface area contributed by atoms with Crippen LogP contribution in [0.1, 0.15) is 18.9 Å². The molecule has 0 N–H and O–H groups in total. The molecule has 5 nitrogen and oxygen atoms in total. The van der Waals surface area contributed by atoms with Gasteiger partial charge in [-0.15, -0.1) is 0 Å². The maximum absolute atomic E-state index is 11.1. The van der Waals surface area contributed by atoms with Gasteiger partial charge in [0.2, 0.25) is 5.95 Å². The van der Waals surface area contributed by atoms with Crippen LogP contribution in [0.5, 0.6) is 0 Å². The topological polar surface area (TPSA) is 55.3 Å². The molecular weight excluding hydrogens is 218 g/mol. The minimum absolute atomic E-state index is 0.227. The highest BCUT2D eigenvalue weighted by atomic mass is 16.5. The van der Waals surface area contributed by atoms with E-state index in [0.717, 1.165) is 5.56 Å². The molecule has 0 amide bonds. The molecule has 17 heavy (non-hydrogen) atoms. The van der Waals surface area contributed by atoms with Gasteiger partial charge in [-0.1, -0.05) is 12.2 Å². The SMILES string of the molecule is CCOC(=O)CC=Cc1cnc(N(C)C)nc1. The van der Waals surface area contributed by atoms with E-state index in [-0.39, 0.29) is 12.4 Å². The zero-order valence-electron chi connectivity index (χ0n) is 10.4. The molecule has 0 aliphatic rings. The van der Waals surface area contributed by atoms with Crippen molar-refractivity contribution in [3.8, 4) is 0 Å². The van der Waals surface area contributed by atoms with Crippen molar-refractivity contribution < 1.29 is 9.53 Å². The van der Waals surface area contributed by atoms with E-state index in [1.807, 2.05) is 19.0 Å². The van der Waals surface area contributed by atoms with Crippen LogP contribution >= 0.6 is 0 Å². The third-order valence-corrected chi connectivity index (χ3v) is 1.96. The van der Waals surface area contributed by atoms with E-state index in [1.54, 1.807) is 31.5 Å². The van der Waals surface area contributed by atoms with Gasteiger partial charge in [0, 0.05) is 32.1 Å². The van der Waals surface area contributed by atoms with Gasteiger partial charge < -0.3 is 9.64 Å². The molecule has 0 spiro atoms. The number of aromatic nitrogens is 2. The van der Waals surface area contributed by atoms with Gasteiger partial charge in [0.05, 0.1) is 13.0 Å². The number of anilines is 1. The summed E-state index contributed by atoms with van der Waals surface area (Å²) < 4.78 is 4.80. The molecule has 0 radical (unpaired) electrons. The second-order valence-electron chi connectivity index (χ2n) is 3.62. The molecule has 1 aromatic heterocycles. The minimum Gasteiger partial charge on any atom is -0.466 e. The maximum Gasteiger partial charge on any atom is 0.309 e. The van der Waals surface area contributed by atoms with Crippen LogP contribution < -0.4 is 4.90 Å². The lowest BCUT2D eigenvalue weighted by atomic mass is 10.3. The molecule has 0 aliphatic carbocycles. The molecule has 1 aromatic rings. The Balaban J connectivity index is 2.51. The number of nitrogens with zero attached hydrogens (tertiary/aromatic N) is 3. The van der Waals surface area contributed by atoms with Gasteiger partial charge in [0.1, 0.15) is 0 Å². The third-order valence-electron chi connectivity index (χ3n) is 1.96. The summed E-state index contributed by atoms with van der Waals surface area (Å²) in [6, 6.07) is 0. The quantitative estimate of drug-likeness (QED) is 0.724. The highest BCUT2D eigenvalue weighted by molar-refractivity contribution is 5.72. The average molecular weight is 235 g/mol. The summed E-state index contributed by atoms with van der Waals surface area (Å²) in [6.45, 7) is 2.20. The Morgan fingerprint density at radius 3 is 2.59 bits per heavy atom. The summed E-state index contributed by atoms with van der Waals surface area (Å²) in [4.78, 5) is 21.2. The van der Waals surface area contributed by atoms with Crippen LogP contribution in [0.4, 0.5) is 5.95 Å². The average Bonchev–Trinajstić information content (AvgIpc) is 2.30. The molecule has 0 atom stereocenters. The molecule has 1 heterocycles. The molecule has 0 saturated heterocycles. The van der Waals surface area contributed by atoms with E-state index in [1.165, 1.54) is 0 Å². The number of carbonyl (C=O) groups is 1. The second kappa shape index (κ2) is 6.62. The van der Waals surface area contributed by atoms with E-state index < -0.39 is 0 Å². The molecular formula is C12H17N3O2. The van der Waals surface area contributed by atoms with Crippen molar-refractivity contribution in [1.29, 1.82) is 0 Å². The van der Waals surface area contributed by atoms with Crippen molar-refractivity contribution in [3.63, 3.8) is 0 Å². The molecule has 0 aliphatic heterocycles. The lowest BCUT2D eigenvalue weighted by Crippen LogP contribution is -2.12. The number of ether oxygens (including phenoxy) is 1. The lowest BCUT2D eigenvalue weighted by molar-refractivity contribution is -0.142. The molecule has 0 fully saturated rings. The Hall–Kier alpha value is -1.91. The largest absolute Gasteiger partial charge is 0.466 e. The predicted octanol–water partition coefficient (Wildman–Crippen LogP) is 1.51. The number of hydrogen-bond acceptors (Lipinski definition) is 5. The summed E-state index contributed by atoms with van der Waals surface area (Å²) in [5, 5.41) is 0. The number of carbonyl (C=O) groups excluding carboxylic acids is 1. The van der Waals surface area contributed by atoms with Crippen LogP contribution in [0.2, 0.25) is 0 Å². The van der Waals surface area contributed by atoms with Gasteiger partial charge in [-0.3, -0.25) is 4.79 Å². The van der Waals surface area contributed by atoms with Crippen molar-refractivity contribution in [2.24, 2.45) is 0 Å². The van der Waals surface area contributed by atoms with Gasteiger partial charge >= 0.3 is 5.97 Å². The first kappa shape index (κ1) is 13.2. The van der Waals surface area contributed by atoms with Crippen LogP contribution in [0, 0.1) is 0 Å². The smallest absolute Gasteiger partial charge is 0.309 e. The highest BCUT2D eigenvalue weighted by Crippen LogP contribution is 2.05. The standard InChI is InChI=1S/C12H17N3O2/c1-4-17-11(16)7-5-6-10-8-13-12(14-9-10)15(2)3/h5-6,8-9H,4,7H2,1-3H3. The predicted molar refractivity (Wildman–Crippen MR) is 66.6 cm³/mol. The van der Waals surface area contributed by atoms with E-state index in [0.29, 0.717) is 12.6 Å². The van der Waals surface area contributed by atoms with Crippen molar-refractivity contribution in [2.45, 2.75) is 13.3 Å². The number of hydrogen-bond donors (Lipinski definition) is 0. The first-order chi connectivity index (χ1) is 8.13. The fraction of sp³-hybridized carbons (Fsp3) is 0.417. The normalized spacial score (nSPS) is 10.5. The summed E-state index contributed by atoms with van der Waals surface area (Å²) in [5.74, 6) is 0.433. The molecule has 0 bridgehead atoms. The molecule has 5 heteroatoms. The van der Waals surface area contributed by atoms with Gasteiger partial charge in [0.25, 0.3) is 0 Å². The Labute approximate surface area is 101 Å². The van der Waals surface area contributed by atoms with Crippen LogP contribution in [0.25, 0.3) is 6.08 Å². The van der Waals surface area contributed by atoms with Gasteiger partial charge in [0.15, 0.2) is 0 Å². The van der Waals surface area contributed by atoms with Gasteiger partial charge in [-0.2, -0.15) is 0 Å². The molecule has 1 rings (SSSR count). The van der Waals surface area contributed by atoms with E-state index in [4.69, 9.17) is 4.74 Å². The lowest BCUT2D eigenvalue weighted by Gasteiger charge is -2.08. The van der Waals surface area contributed by atoms with Crippen molar-refractivity contribution in [1.82, 2.24) is 9.97 Å². The number of esters is 1. The van der Waals surface area contributed by atoms with E-state index >= 15 is 0 Å². The van der Waals surface area contributed by atoms with E-state index in [9.17, 15) is 4.79 Å². The fourth-order valence-corrected chi connectivity index (χ4v) is 1.16. The van der Waals surface area contributed by atoms with Crippen LogP contribution in [0.3, 0.4) is 0 Å². The zero-order chi connectivity index (χ0) is 12.7. The van der Waals surface area contributed by atoms with E-state index in [2.05, 4.69) is 9.97 Å². The Morgan fingerprint density at radius 2 is 2.06 bits per heavy atom. The number of rotatable bonds is 5. The summed E-state index contributed by atoms with van der Waals surface area (Å²) >= 11 is 0. The summed E-state index contributed by atoms with van der Waals surface area (Å²) in [7, 11) is 3.76. The second-order valence-corrected chi connectivity index (χ2v) is 3.62. The zero-order valence-corrected chi connectivity index (χ0v) is 10.4. The summed E-state index contributed by atoms with van der Waals surface area (Å²) in [6.07, 6.45) is 7.24. The van der Waals surface area contributed by atoms with Gasteiger partial charge in [-0.05, 0) is 6.92 Å². The Morgan fingerprint density at radius 1 is 1.41 bits per heavy atom. The Kier molecular flexibility index (Phi) is 5.13. The molecule has 92 valence electrons. The van der Waals surface area contributed by atoms with Crippen molar-refractivity contribution in [2.75, 3.05) is 25.6 Å².